The maximum Gasteiger partial charge on any atom is 0.223 e. The lowest BCUT2D eigenvalue weighted by Gasteiger charge is -2.27. The highest BCUT2D eigenvalue weighted by molar-refractivity contribution is 5.78. The first kappa shape index (κ1) is 15.7. The first-order valence-electron chi connectivity index (χ1n) is 8.27. The number of rotatable bonds is 5. The van der Waals surface area contributed by atoms with Gasteiger partial charge >= 0.3 is 0 Å². The highest BCUT2D eigenvalue weighted by Gasteiger charge is 2.24. The van der Waals surface area contributed by atoms with Crippen LogP contribution < -0.4 is 10.6 Å². The van der Waals surface area contributed by atoms with E-state index >= 15 is 0 Å². The second kappa shape index (κ2) is 7.42. The number of carbonyl (C=O) groups excluding carboxylic acids is 1. The molecule has 0 unspecified atom stereocenters. The van der Waals surface area contributed by atoms with E-state index in [0.717, 1.165) is 31.5 Å². The van der Waals surface area contributed by atoms with Gasteiger partial charge in [-0.1, -0.05) is 24.3 Å². The smallest absolute Gasteiger partial charge is 0.223 e. The van der Waals surface area contributed by atoms with E-state index in [-0.39, 0.29) is 11.8 Å². The van der Waals surface area contributed by atoms with Gasteiger partial charge in [-0.3, -0.25) is 9.48 Å². The third-order valence-corrected chi connectivity index (χ3v) is 4.36. The zero-order valence-electron chi connectivity index (χ0n) is 13.5. The average Bonchev–Trinajstić information content (AvgIpc) is 3.06. The molecule has 23 heavy (non-hydrogen) atoms. The van der Waals surface area contributed by atoms with Crippen LogP contribution in [0, 0.1) is 5.92 Å². The van der Waals surface area contributed by atoms with E-state index < -0.39 is 0 Å². The number of piperidine rings is 1. The van der Waals surface area contributed by atoms with Crippen LogP contribution in [0.4, 0.5) is 0 Å². The van der Waals surface area contributed by atoms with E-state index in [1.165, 1.54) is 5.56 Å². The number of carbonyl (C=O) groups is 1. The Labute approximate surface area is 137 Å². The molecule has 2 N–H and O–H groups in total. The fourth-order valence-electron chi connectivity index (χ4n) is 3.12. The first-order chi connectivity index (χ1) is 11.2. The number of nitrogens with one attached hydrogen (secondary N) is 2. The Balaban J connectivity index is 1.54. The summed E-state index contributed by atoms with van der Waals surface area (Å²) in [5, 5.41) is 10.7. The van der Waals surface area contributed by atoms with Crippen molar-refractivity contribution in [3.8, 4) is 0 Å². The number of benzene rings is 1. The molecule has 0 radical (unpaired) electrons. The summed E-state index contributed by atoms with van der Waals surface area (Å²) in [7, 11) is 0. The predicted molar refractivity (Wildman–Crippen MR) is 89.8 cm³/mol. The zero-order chi connectivity index (χ0) is 16.1. The van der Waals surface area contributed by atoms with Crippen LogP contribution in [0.1, 0.15) is 30.9 Å². The van der Waals surface area contributed by atoms with Crippen LogP contribution in [-0.2, 0) is 17.9 Å². The Bertz CT molecular complexity index is 638. The van der Waals surface area contributed by atoms with Crippen molar-refractivity contribution < 1.29 is 4.79 Å². The molecule has 1 saturated heterocycles. The number of amides is 1. The SMILES string of the molecule is C[C@H]1C[C@@H](C(=O)NCc2cccc(Cn3cccn3)c2)CCN1. The minimum absolute atomic E-state index is 0.138. The molecule has 2 heterocycles. The lowest BCUT2D eigenvalue weighted by Crippen LogP contribution is -2.42. The molecule has 5 heteroatoms. The fourth-order valence-corrected chi connectivity index (χ4v) is 3.12. The van der Waals surface area contributed by atoms with Gasteiger partial charge in [0, 0.05) is 30.9 Å². The van der Waals surface area contributed by atoms with E-state index in [0.29, 0.717) is 12.6 Å². The van der Waals surface area contributed by atoms with Gasteiger partial charge in [0.25, 0.3) is 0 Å². The molecule has 1 fully saturated rings. The maximum absolute atomic E-state index is 12.3. The van der Waals surface area contributed by atoms with Gasteiger partial charge in [0.05, 0.1) is 6.54 Å². The lowest BCUT2D eigenvalue weighted by molar-refractivity contribution is -0.126. The van der Waals surface area contributed by atoms with Gasteiger partial charge in [-0.15, -0.1) is 0 Å². The van der Waals surface area contributed by atoms with Crippen LogP contribution >= 0.6 is 0 Å². The zero-order valence-corrected chi connectivity index (χ0v) is 13.5. The molecule has 1 aromatic carbocycles. The molecule has 1 aromatic heterocycles. The molecule has 0 bridgehead atoms. The molecular formula is C18H24N4O. The molecule has 2 aromatic rings. The molecule has 1 aliphatic heterocycles. The normalized spacial score (nSPS) is 21.1. The van der Waals surface area contributed by atoms with Gasteiger partial charge in [-0.2, -0.15) is 5.10 Å². The van der Waals surface area contributed by atoms with Crippen molar-refractivity contribution in [1.82, 2.24) is 20.4 Å². The third kappa shape index (κ3) is 4.42. The predicted octanol–water partition coefficient (Wildman–Crippen LogP) is 1.94. The summed E-state index contributed by atoms with van der Waals surface area (Å²) in [6.45, 7) is 4.40. The fraction of sp³-hybridized carbons (Fsp3) is 0.444. The van der Waals surface area contributed by atoms with Crippen LogP contribution in [-0.4, -0.2) is 28.3 Å². The second-order valence-electron chi connectivity index (χ2n) is 6.32. The Morgan fingerprint density at radius 1 is 1.39 bits per heavy atom. The van der Waals surface area contributed by atoms with Crippen LogP contribution in [0.5, 0.6) is 0 Å². The van der Waals surface area contributed by atoms with Crippen LogP contribution in [0.15, 0.2) is 42.7 Å². The molecule has 1 aliphatic rings. The standard InChI is InChI=1S/C18H24N4O/c1-14-10-17(6-8-19-14)18(23)20-12-15-4-2-5-16(11-15)13-22-9-3-7-21-22/h2-5,7,9,11,14,17,19H,6,8,10,12-13H2,1H3,(H,20,23)/t14-,17-/m0/s1. The third-order valence-electron chi connectivity index (χ3n) is 4.36. The molecule has 3 rings (SSSR count). The van der Waals surface area contributed by atoms with E-state index in [4.69, 9.17) is 0 Å². The number of hydrogen-bond donors (Lipinski definition) is 2. The summed E-state index contributed by atoms with van der Waals surface area (Å²) >= 11 is 0. The Morgan fingerprint density at radius 2 is 2.26 bits per heavy atom. The largest absolute Gasteiger partial charge is 0.352 e. The average molecular weight is 312 g/mol. The minimum atomic E-state index is 0.138. The Hall–Kier alpha value is -2.14. The van der Waals surface area contributed by atoms with Crippen molar-refractivity contribution in [2.75, 3.05) is 6.54 Å². The van der Waals surface area contributed by atoms with Crippen molar-refractivity contribution >= 4 is 5.91 Å². The highest BCUT2D eigenvalue weighted by Crippen LogP contribution is 2.16. The Kier molecular flexibility index (Phi) is 5.08. The first-order valence-corrected chi connectivity index (χ1v) is 8.27. The highest BCUT2D eigenvalue weighted by atomic mass is 16.1. The maximum atomic E-state index is 12.3. The summed E-state index contributed by atoms with van der Waals surface area (Å²) in [5.74, 6) is 0.314. The summed E-state index contributed by atoms with van der Waals surface area (Å²) in [6.07, 6.45) is 5.58. The van der Waals surface area contributed by atoms with E-state index in [9.17, 15) is 4.79 Å². The van der Waals surface area contributed by atoms with Gasteiger partial charge in [-0.25, -0.2) is 0 Å². The lowest BCUT2D eigenvalue weighted by atomic mass is 9.92. The summed E-state index contributed by atoms with van der Waals surface area (Å²) in [4.78, 5) is 12.3. The van der Waals surface area contributed by atoms with Crippen molar-refractivity contribution in [1.29, 1.82) is 0 Å². The van der Waals surface area contributed by atoms with E-state index in [2.05, 4.69) is 40.9 Å². The summed E-state index contributed by atoms with van der Waals surface area (Å²) in [6, 6.07) is 10.7. The summed E-state index contributed by atoms with van der Waals surface area (Å²) in [5.41, 5.74) is 2.32. The second-order valence-corrected chi connectivity index (χ2v) is 6.32. The van der Waals surface area contributed by atoms with Crippen LogP contribution in [0.3, 0.4) is 0 Å². The number of aromatic nitrogens is 2. The quantitative estimate of drug-likeness (QED) is 0.887. The molecule has 5 nitrogen and oxygen atoms in total. The van der Waals surface area contributed by atoms with Crippen LogP contribution in [0.25, 0.3) is 0 Å². The van der Waals surface area contributed by atoms with Gasteiger partial charge in [0.15, 0.2) is 0 Å². The Morgan fingerprint density at radius 3 is 3.04 bits per heavy atom. The summed E-state index contributed by atoms with van der Waals surface area (Å²) < 4.78 is 1.90. The molecular weight excluding hydrogens is 288 g/mol. The van der Waals surface area contributed by atoms with Crippen molar-refractivity contribution in [3.05, 3.63) is 53.9 Å². The molecule has 0 spiro atoms. The van der Waals surface area contributed by atoms with Crippen molar-refractivity contribution in [3.63, 3.8) is 0 Å². The van der Waals surface area contributed by atoms with Gasteiger partial charge in [0.2, 0.25) is 5.91 Å². The molecule has 122 valence electrons. The van der Waals surface area contributed by atoms with Crippen molar-refractivity contribution in [2.24, 2.45) is 5.92 Å². The molecule has 0 aliphatic carbocycles. The molecule has 1 amide bonds. The molecule has 2 atom stereocenters. The van der Waals surface area contributed by atoms with Gasteiger partial charge in [-0.05, 0) is 43.5 Å². The monoisotopic (exact) mass is 312 g/mol. The van der Waals surface area contributed by atoms with Gasteiger partial charge in [0.1, 0.15) is 0 Å². The van der Waals surface area contributed by atoms with Crippen molar-refractivity contribution in [2.45, 2.75) is 38.9 Å². The number of nitrogens with zero attached hydrogens (tertiary/aromatic N) is 2. The topological polar surface area (TPSA) is 59.0 Å². The molecule has 0 saturated carbocycles. The van der Waals surface area contributed by atoms with Gasteiger partial charge < -0.3 is 10.6 Å². The number of hydrogen-bond acceptors (Lipinski definition) is 3. The minimum Gasteiger partial charge on any atom is -0.352 e. The van der Waals surface area contributed by atoms with E-state index in [1.807, 2.05) is 23.0 Å². The van der Waals surface area contributed by atoms with Crippen LogP contribution in [0.2, 0.25) is 0 Å². The van der Waals surface area contributed by atoms with E-state index in [1.54, 1.807) is 6.20 Å².